The molecule has 0 N–H and O–H groups in total. The molecule has 0 saturated carbocycles. The second-order valence-corrected chi connectivity index (χ2v) is 4.27. The monoisotopic (exact) mass is 184 g/mol. The molecule has 13 heavy (non-hydrogen) atoms. The van der Waals surface area contributed by atoms with Gasteiger partial charge in [-0.05, 0) is 25.3 Å². The van der Waals surface area contributed by atoms with E-state index in [0.717, 1.165) is 19.0 Å². The van der Waals surface area contributed by atoms with Crippen LogP contribution in [-0.2, 0) is 4.79 Å². The summed E-state index contributed by atoms with van der Waals surface area (Å²) in [5.74, 6) is 0.970. The third kappa shape index (κ3) is 3.35. The average Bonchev–Trinajstić information content (AvgIpc) is 2.04. The molecule has 0 aliphatic carbocycles. The van der Waals surface area contributed by atoms with E-state index in [1.165, 1.54) is 12.8 Å². The number of amides is 1. The van der Waals surface area contributed by atoms with Gasteiger partial charge in [0.15, 0.2) is 0 Å². The van der Waals surface area contributed by atoms with Crippen LogP contribution in [0.5, 0.6) is 0 Å². The number of likely N-dealkylation sites (tertiary alicyclic amines) is 1. The molecule has 1 amide bonds. The standard InChI is InChI=1S/C10H20N2O/c1-9-5-4-6-12(7-9)8-10(13)11(2)3/h9H,4-8H2,1-3H3. The van der Waals surface area contributed by atoms with E-state index in [4.69, 9.17) is 0 Å². The average molecular weight is 184 g/mol. The summed E-state index contributed by atoms with van der Waals surface area (Å²) < 4.78 is 0. The Labute approximate surface area is 80.7 Å². The normalized spacial score (nSPS) is 24.4. The Hall–Kier alpha value is -0.570. The maximum atomic E-state index is 11.4. The predicted molar refractivity (Wildman–Crippen MR) is 53.5 cm³/mol. The molecule has 1 aliphatic heterocycles. The number of hydrogen-bond acceptors (Lipinski definition) is 2. The first-order valence-electron chi connectivity index (χ1n) is 5.02. The van der Waals surface area contributed by atoms with Gasteiger partial charge in [0, 0.05) is 20.6 Å². The predicted octanol–water partition coefficient (Wildman–Crippen LogP) is 0.806. The summed E-state index contributed by atoms with van der Waals surface area (Å²) in [4.78, 5) is 15.3. The first kappa shape index (κ1) is 10.5. The summed E-state index contributed by atoms with van der Waals surface area (Å²) >= 11 is 0. The van der Waals surface area contributed by atoms with Crippen LogP contribution in [-0.4, -0.2) is 49.4 Å². The molecule has 1 aliphatic rings. The third-order valence-electron chi connectivity index (χ3n) is 2.60. The van der Waals surface area contributed by atoms with Crippen molar-refractivity contribution in [1.29, 1.82) is 0 Å². The highest BCUT2D eigenvalue weighted by Crippen LogP contribution is 2.14. The zero-order valence-electron chi connectivity index (χ0n) is 8.92. The van der Waals surface area contributed by atoms with Gasteiger partial charge in [0.2, 0.25) is 5.91 Å². The molecule has 0 aromatic rings. The maximum absolute atomic E-state index is 11.4. The van der Waals surface area contributed by atoms with Crippen molar-refractivity contribution in [2.24, 2.45) is 5.92 Å². The van der Waals surface area contributed by atoms with Crippen LogP contribution in [0.3, 0.4) is 0 Å². The van der Waals surface area contributed by atoms with Gasteiger partial charge in [0.25, 0.3) is 0 Å². The van der Waals surface area contributed by atoms with Crippen molar-refractivity contribution in [3.05, 3.63) is 0 Å². The lowest BCUT2D eigenvalue weighted by Crippen LogP contribution is -2.41. The molecule has 0 spiro atoms. The number of nitrogens with zero attached hydrogens (tertiary/aromatic N) is 2. The Morgan fingerprint density at radius 3 is 2.77 bits per heavy atom. The smallest absolute Gasteiger partial charge is 0.236 e. The Morgan fingerprint density at radius 2 is 2.23 bits per heavy atom. The van der Waals surface area contributed by atoms with Crippen molar-refractivity contribution in [3.8, 4) is 0 Å². The minimum absolute atomic E-state index is 0.217. The zero-order valence-corrected chi connectivity index (χ0v) is 8.92. The fourth-order valence-electron chi connectivity index (χ4n) is 1.76. The number of piperidine rings is 1. The van der Waals surface area contributed by atoms with Crippen molar-refractivity contribution in [3.63, 3.8) is 0 Å². The molecule has 1 atom stereocenters. The van der Waals surface area contributed by atoms with Gasteiger partial charge in [0.05, 0.1) is 6.54 Å². The fourth-order valence-corrected chi connectivity index (χ4v) is 1.76. The van der Waals surface area contributed by atoms with Crippen LogP contribution in [0.15, 0.2) is 0 Å². The molecule has 1 fully saturated rings. The summed E-state index contributed by atoms with van der Waals surface area (Å²) in [5.41, 5.74) is 0. The Bertz CT molecular complexity index is 180. The Balaban J connectivity index is 2.31. The van der Waals surface area contributed by atoms with E-state index in [1.807, 2.05) is 14.1 Å². The quantitative estimate of drug-likeness (QED) is 0.634. The van der Waals surface area contributed by atoms with E-state index in [1.54, 1.807) is 4.90 Å². The lowest BCUT2D eigenvalue weighted by molar-refractivity contribution is -0.130. The van der Waals surface area contributed by atoms with Crippen LogP contribution >= 0.6 is 0 Å². The van der Waals surface area contributed by atoms with Gasteiger partial charge in [0.1, 0.15) is 0 Å². The number of carbonyl (C=O) groups is 1. The lowest BCUT2D eigenvalue weighted by Gasteiger charge is -2.30. The minimum Gasteiger partial charge on any atom is -0.348 e. The van der Waals surface area contributed by atoms with Gasteiger partial charge in [-0.25, -0.2) is 0 Å². The summed E-state index contributed by atoms with van der Waals surface area (Å²) in [7, 11) is 3.63. The minimum atomic E-state index is 0.217. The zero-order chi connectivity index (χ0) is 9.84. The molecule has 0 radical (unpaired) electrons. The molecule has 0 aromatic carbocycles. The highest BCUT2D eigenvalue weighted by molar-refractivity contribution is 5.77. The molecule has 1 heterocycles. The molecule has 0 aromatic heterocycles. The van der Waals surface area contributed by atoms with Crippen molar-refractivity contribution >= 4 is 5.91 Å². The topological polar surface area (TPSA) is 23.6 Å². The molecule has 3 heteroatoms. The van der Waals surface area contributed by atoms with E-state index in [2.05, 4.69) is 11.8 Å². The van der Waals surface area contributed by atoms with Crippen molar-refractivity contribution in [2.75, 3.05) is 33.7 Å². The molecule has 3 nitrogen and oxygen atoms in total. The van der Waals surface area contributed by atoms with Crippen LogP contribution in [0.4, 0.5) is 0 Å². The third-order valence-corrected chi connectivity index (χ3v) is 2.60. The number of rotatable bonds is 2. The Kier molecular flexibility index (Phi) is 3.72. The summed E-state index contributed by atoms with van der Waals surface area (Å²) in [6.45, 7) is 5.02. The van der Waals surface area contributed by atoms with Crippen LogP contribution in [0.2, 0.25) is 0 Å². The van der Waals surface area contributed by atoms with Gasteiger partial charge in [-0.3, -0.25) is 9.69 Å². The van der Waals surface area contributed by atoms with Crippen molar-refractivity contribution in [2.45, 2.75) is 19.8 Å². The van der Waals surface area contributed by atoms with E-state index in [0.29, 0.717) is 6.54 Å². The number of likely N-dealkylation sites (N-methyl/N-ethyl adjacent to an activating group) is 1. The van der Waals surface area contributed by atoms with Gasteiger partial charge < -0.3 is 4.90 Å². The van der Waals surface area contributed by atoms with E-state index >= 15 is 0 Å². The molecular formula is C10H20N2O. The molecule has 0 bridgehead atoms. The first-order chi connectivity index (χ1) is 6.09. The highest BCUT2D eigenvalue weighted by atomic mass is 16.2. The van der Waals surface area contributed by atoms with Crippen LogP contribution < -0.4 is 0 Å². The maximum Gasteiger partial charge on any atom is 0.236 e. The van der Waals surface area contributed by atoms with Gasteiger partial charge in [-0.2, -0.15) is 0 Å². The molecule has 76 valence electrons. The van der Waals surface area contributed by atoms with Gasteiger partial charge in [-0.15, -0.1) is 0 Å². The summed E-state index contributed by atoms with van der Waals surface area (Å²) in [6, 6.07) is 0. The second-order valence-electron chi connectivity index (χ2n) is 4.27. The number of carbonyl (C=O) groups excluding carboxylic acids is 1. The first-order valence-corrected chi connectivity index (χ1v) is 5.02. The van der Waals surface area contributed by atoms with Crippen molar-refractivity contribution < 1.29 is 4.79 Å². The molecule has 1 saturated heterocycles. The van der Waals surface area contributed by atoms with E-state index in [-0.39, 0.29) is 5.91 Å². The van der Waals surface area contributed by atoms with E-state index in [9.17, 15) is 4.79 Å². The second kappa shape index (κ2) is 4.61. The SMILES string of the molecule is CC1CCCN(CC(=O)N(C)C)C1. The highest BCUT2D eigenvalue weighted by Gasteiger charge is 2.18. The van der Waals surface area contributed by atoms with Gasteiger partial charge in [-0.1, -0.05) is 6.92 Å². The fraction of sp³-hybridized carbons (Fsp3) is 0.900. The van der Waals surface area contributed by atoms with E-state index < -0.39 is 0 Å². The van der Waals surface area contributed by atoms with Crippen LogP contribution in [0.25, 0.3) is 0 Å². The lowest BCUT2D eigenvalue weighted by atomic mass is 10.0. The molecule has 1 unspecified atom stereocenters. The summed E-state index contributed by atoms with van der Waals surface area (Å²) in [6.07, 6.45) is 2.55. The van der Waals surface area contributed by atoms with Crippen molar-refractivity contribution in [1.82, 2.24) is 9.80 Å². The number of hydrogen-bond donors (Lipinski definition) is 0. The Morgan fingerprint density at radius 1 is 1.54 bits per heavy atom. The molecule has 1 rings (SSSR count). The summed E-state index contributed by atoms with van der Waals surface area (Å²) in [5, 5.41) is 0. The largest absolute Gasteiger partial charge is 0.348 e. The van der Waals surface area contributed by atoms with Gasteiger partial charge >= 0.3 is 0 Å². The molecular weight excluding hydrogens is 164 g/mol. The van der Waals surface area contributed by atoms with Crippen LogP contribution in [0, 0.1) is 5.92 Å². The van der Waals surface area contributed by atoms with Crippen LogP contribution in [0.1, 0.15) is 19.8 Å².